The minimum atomic E-state index is -4.12. The summed E-state index contributed by atoms with van der Waals surface area (Å²) in [6.07, 6.45) is -2.21. The lowest BCUT2D eigenvalue weighted by molar-refractivity contribution is -0.148. The molecule has 3 nitrogen and oxygen atoms in total. The van der Waals surface area contributed by atoms with E-state index in [0.717, 1.165) is 25.9 Å². The molecular formula is C11H21F3N2O. The summed E-state index contributed by atoms with van der Waals surface area (Å²) in [6.45, 7) is 2.20. The van der Waals surface area contributed by atoms with Crippen LogP contribution in [0.25, 0.3) is 0 Å². The number of rotatable bonds is 6. The van der Waals surface area contributed by atoms with Crippen LogP contribution < -0.4 is 5.32 Å². The first-order valence-corrected chi connectivity index (χ1v) is 6.00. The molecule has 0 atom stereocenters. The third-order valence-corrected chi connectivity index (χ3v) is 2.99. The van der Waals surface area contributed by atoms with Gasteiger partial charge in [0.2, 0.25) is 0 Å². The van der Waals surface area contributed by atoms with Gasteiger partial charge in [-0.25, -0.2) is 0 Å². The summed E-state index contributed by atoms with van der Waals surface area (Å²) in [5.74, 6) is 0.371. The first-order valence-electron chi connectivity index (χ1n) is 6.00. The van der Waals surface area contributed by atoms with E-state index in [1.165, 1.54) is 12.0 Å². The summed E-state index contributed by atoms with van der Waals surface area (Å²) in [4.78, 5) is 1.46. The average molecular weight is 254 g/mol. The molecule has 0 bridgehead atoms. The molecule has 1 N–H and O–H groups in total. The Balaban J connectivity index is 2.38. The van der Waals surface area contributed by atoms with Crippen molar-refractivity contribution in [3.63, 3.8) is 0 Å². The van der Waals surface area contributed by atoms with Gasteiger partial charge in [-0.2, -0.15) is 13.2 Å². The standard InChI is InChI=1S/C11H21F3N2O/c1-17-7-6-16(9-11(12,13)14)8-10-2-4-15-5-3-10/h10,15H,2-9H2,1H3. The lowest BCUT2D eigenvalue weighted by Crippen LogP contribution is -2.42. The van der Waals surface area contributed by atoms with E-state index in [0.29, 0.717) is 25.6 Å². The number of ether oxygens (including phenoxy) is 1. The molecule has 0 saturated carbocycles. The molecule has 0 aromatic carbocycles. The van der Waals surface area contributed by atoms with Crippen LogP contribution in [0.2, 0.25) is 0 Å². The number of nitrogens with one attached hydrogen (secondary N) is 1. The second kappa shape index (κ2) is 7.18. The van der Waals surface area contributed by atoms with Gasteiger partial charge in [-0.05, 0) is 31.8 Å². The zero-order valence-corrected chi connectivity index (χ0v) is 10.2. The molecule has 0 spiro atoms. The van der Waals surface area contributed by atoms with E-state index in [1.807, 2.05) is 0 Å². The molecule has 0 unspecified atom stereocenters. The molecule has 0 radical (unpaired) electrons. The van der Waals surface area contributed by atoms with E-state index < -0.39 is 12.7 Å². The Morgan fingerprint density at radius 2 is 1.94 bits per heavy atom. The van der Waals surface area contributed by atoms with Crippen molar-refractivity contribution in [2.24, 2.45) is 5.92 Å². The summed E-state index contributed by atoms with van der Waals surface area (Å²) >= 11 is 0. The van der Waals surface area contributed by atoms with Crippen LogP contribution in [0, 0.1) is 5.92 Å². The van der Waals surface area contributed by atoms with Crippen LogP contribution in [-0.4, -0.2) is 57.5 Å². The van der Waals surface area contributed by atoms with Gasteiger partial charge in [0.05, 0.1) is 13.2 Å². The molecule has 0 aliphatic carbocycles. The molecule has 0 aromatic rings. The molecule has 1 heterocycles. The summed E-state index contributed by atoms with van der Waals surface area (Å²) in [5, 5.41) is 3.21. The fraction of sp³-hybridized carbons (Fsp3) is 1.00. The first kappa shape index (κ1) is 14.7. The van der Waals surface area contributed by atoms with Crippen molar-refractivity contribution in [1.29, 1.82) is 0 Å². The summed E-state index contributed by atoms with van der Waals surface area (Å²) in [7, 11) is 1.51. The van der Waals surface area contributed by atoms with Crippen molar-refractivity contribution in [2.75, 3.05) is 46.4 Å². The van der Waals surface area contributed by atoms with Gasteiger partial charge >= 0.3 is 6.18 Å². The summed E-state index contributed by atoms with van der Waals surface area (Å²) < 4.78 is 42.0. The van der Waals surface area contributed by atoms with Gasteiger partial charge in [0.25, 0.3) is 0 Å². The quantitative estimate of drug-likeness (QED) is 0.777. The Morgan fingerprint density at radius 3 is 2.47 bits per heavy atom. The van der Waals surface area contributed by atoms with Crippen molar-refractivity contribution in [1.82, 2.24) is 10.2 Å². The second-order valence-corrected chi connectivity index (χ2v) is 4.54. The number of nitrogens with zero attached hydrogens (tertiary/aromatic N) is 1. The highest BCUT2D eigenvalue weighted by Gasteiger charge is 2.31. The summed E-state index contributed by atoms with van der Waals surface area (Å²) in [5.41, 5.74) is 0. The highest BCUT2D eigenvalue weighted by Crippen LogP contribution is 2.19. The van der Waals surface area contributed by atoms with Crippen LogP contribution in [0.3, 0.4) is 0 Å². The van der Waals surface area contributed by atoms with E-state index in [-0.39, 0.29) is 0 Å². The van der Waals surface area contributed by atoms with Crippen LogP contribution in [0.4, 0.5) is 13.2 Å². The van der Waals surface area contributed by atoms with Crippen LogP contribution in [-0.2, 0) is 4.74 Å². The number of hydrogen-bond acceptors (Lipinski definition) is 3. The fourth-order valence-electron chi connectivity index (χ4n) is 2.14. The third kappa shape index (κ3) is 6.85. The number of methoxy groups -OCH3 is 1. The van der Waals surface area contributed by atoms with Crippen LogP contribution in [0.1, 0.15) is 12.8 Å². The number of hydrogen-bond donors (Lipinski definition) is 1. The number of piperidine rings is 1. The Hall–Kier alpha value is -0.330. The summed E-state index contributed by atoms with van der Waals surface area (Å²) in [6, 6.07) is 0. The van der Waals surface area contributed by atoms with Crippen molar-refractivity contribution < 1.29 is 17.9 Å². The topological polar surface area (TPSA) is 24.5 Å². The van der Waals surface area contributed by atoms with E-state index in [9.17, 15) is 13.2 Å². The lowest BCUT2D eigenvalue weighted by atomic mass is 9.97. The minimum Gasteiger partial charge on any atom is -0.383 e. The average Bonchev–Trinajstić information content (AvgIpc) is 2.25. The molecule has 1 saturated heterocycles. The third-order valence-electron chi connectivity index (χ3n) is 2.99. The zero-order chi connectivity index (χ0) is 12.7. The largest absolute Gasteiger partial charge is 0.401 e. The van der Waals surface area contributed by atoms with Gasteiger partial charge in [-0.3, -0.25) is 4.90 Å². The highest BCUT2D eigenvalue weighted by atomic mass is 19.4. The van der Waals surface area contributed by atoms with Crippen molar-refractivity contribution in [3.8, 4) is 0 Å². The van der Waals surface area contributed by atoms with E-state index >= 15 is 0 Å². The maximum atomic E-state index is 12.4. The maximum absolute atomic E-state index is 12.4. The molecule has 1 aliphatic rings. The molecule has 0 aromatic heterocycles. The second-order valence-electron chi connectivity index (χ2n) is 4.54. The first-order chi connectivity index (χ1) is 8.01. The predicted molar refractivity (Wildman–Crippen MR) is 60.0 cm³/mol. The van der Waals surface area contributed by atoms with E-state index in [2.05, 4.69) is 5.32 Å². The van der Waals surface area contributed by atoms with E-state index in [4.69, 9.17) is 4.74 Å². The number of halogens is 3. The smallest absolute Gasteiger partial charge is 0.383 e. The maximum Gasteiger partial charge on any atom is 0.401 e. The van der Waals surface area contributed by atoms with Gasteiger partial charge < -0.3 is 10.1 Å². The van der Waals surface area contributed by atoms with Crippen molar-refractivity contribution in [3.05, 3.63) is 0 Å². The molecule has 17 heavy (non-hydrogen) atoms. The van der Waals surface area contributed by atoms with Crippen LogP contribution >= 0.6 is 0 Å². The SMILES string of the molecule is COCCN(CC1CCNCC1)CC(F)(F)F. The van der Waals surface area contributed by atoms with E-state index in [1.54, 1.807) is 0 Å². The Morgan fingerprint density at radius 1 is 1.29 bits per heavy atom. The molecule has 102 valence electrons. The van der Waals surface area contributed by atoms with Gasteiger partial charge in [0.1, 0.15) is 0 Å². The highest BCUT2D eigenvalue weighted by molar-refractivity contribution is 4.74. The van der Waals surface area contributed by atoms with Crippen LogP contribution in [0.15, 0.2) is 0 Å². The van der Waals surface area contributed by atoms with Gasteiger partial charge in [-0.1, -0.05) is 0 Å². The molecule has 1 aliphatic heterocycles. The predicted octanol–water partition coefficient (Wildman–Crippen LogP) is 1.50. The lowest BCUT2D eigenvalue weighted by Gasteiger charge is -2.30. The Kier molecular flexibility index (Phi) is 6.22. The molecule has 1 fully saturated rings. The Bertz CT molecular complexity index is 205. The van der Waals surface area contributed by atoms with Crippen LogP contribution in [0.5, 0.6) is 0 Å². The molecule has 6 heteroatoms. The van der Waals surface area contributed by atoms with Gasteiger partial charge in [-0.15, -0.1) is 0 Å². The van der Waals surface area contributed by atoms with Gasteiger partial charge in [0.15, 0.2) is 0 Å². The van der Waals surface area contributed by atoms with Crippen molar-refractivity contribution >= 4 is 0 Å². The Labute approximate surface area is 100 Å². The monoisotopic (exact) mass is 254 g/mol. The number of alkyl halides is 3. The molecule has 0 amide bonds. The molecule has 1 rings (SSSR count). The molecular weight excluding hydrogens is 233 g/mol. The van der Waals surface area contributed by atoms with Crippen molar-refractivity contribution in [2.45, 2.75) is 19.0 Å². The fourth-order valence-corrected chi connectivity index (χ4v) is 2.14. The van der Waals surface area contributed by atoms with Gasteiger partial charge in [0, 0.05) is 20.2 Å². The minimum absolute atomic E-state index is 0.347. The zero-order valence-electron chi connectivity index (χ0n) is 10.2. The normalized spacial score (nSPS) is 18.9.